The lowest BCUT2D eigenvalue weighted by molar-refractivity contribution is -0.122. The number of benzene rings is 2. The van der Waals surface area contributed by atoms with E-state index < -0.39 is 0 Å². The number of rotatable bonds is 3. The highest BCUT2D eigenvalue weighted by Gasteiger charge is 2.32. The zero-order valence-corrected chi connectivity index (χ0v) is 19.3. The number of carbonyl (C=O) groups excluding carboxylic acids is 1. The van der Waals surface area contributed by atoms with E-state index in [0.29, 0.717) is 16.6 Å². The smallest absolute Gasteiger partial charge is 0.266 e. The van der Waals surface area contributed by atoms with Crippen LogP contribution in [0.2, 0.25) is 0 Å². The molecule has 0 spiro atoms. The van der Waals surface area contributed by atoms with Crippen LogP contribution in [-0.2, 0) is 4.79 Å². The molecule has 3 rings (SSSR count). The first-order valence-corrected chi connectivity index (χ1v) is 10.9. The van der Waals surface area contributed by atoms with Crippen LogP contribution in [-0.4, -0.2) is 27.6 Å². The molecular formula is C19H16I2N2O2S. The number of thioether (sulfide) groups is 1. The molecule has 0 saturated carbocycles. The predicted molar refractivity (Wildman–Crippen MR) is 125 cm³/mol. The van der Waals surface area contributed by atoms with Gasteiger partial charge in [-0.2, -0.15) is 0 Å². The Balaban J connectivity index is 1.95. The van der Waals surface area contributed by atoms with Crippen LogP contribution in [0.1, 0.15) is 18.1 Å². The molecule has 1 N–H and O–H groups in total. The average Bonchev–Trinajstić information content (AvgIpc) is 2.89. The van der Waals surface area contributed by atoms with Crippen LogP contribution in [0.25, 0.3) is 6.08 Å². The van der Waals surface area contributed by atoms with Crippen LogP contribution in [0.15, 0.2) is 46.3 Å². The molecule has 26 heavy (non-hydrogen) atoms. The average molecular weight is 590 g/mol. The highest BCUT2D eigenvalue weighted by Crippen LogP contribution is 2.35. The van der Waals surface area contributed by atoms with E-state index in [4.69, 9.17) is 0 Å². The van der Waals surface area contributed by atoms with Crippen molar-refractivity contribution in [3.63, 3.8) is 0 Å². The molecule has 2 aromatic carbocycles. The minimum absolute atomic E-state index is 0.0403. The lowest BCUT2D eigenvalue weighted by Gasteiger charge is -2.12. The summed E-state index contributed by atoms with van der Waals surface area (Å²) in [7, 11) is 0. The van der Waals surface area contributed by atoms with Gasteiger partial charge >= 0.3 is 0 Å². The Labute approximate surface area is 184 Å². The molecule has 0 aliphatic carbocycles. The van der Waals surface area contributed by atoms with Crippen LogP contribution < -0.4 is 0 Å². The summed E-state index contributed by atoms with van der Waals surface area (Å²) in [5, 5.41) is 10.6. The molecule has 1 amide bonds. The third-order valence-corrected chi connectivity index (χ3v) is 6.45. The normalized spacial score (nSPS) is 17.5. The summed E-state index contributed by atoms with van der Waals surface area (Å²) in [5.41, 5.74) is 2.90. The number of phenols is 1. The standard InChI is InChI=1S/C19H16I2N2O2S/c1-3-23-18(25)16(10-12-8-14(20)17(24)15(21)9-12)26-19(23)22-13-6-4-11(2)5-7-13/h4-10,24H,3H2,1-2H3/b16-10+,22-19?. The zero-order valence-electron chi connectivity index (χ0n) is 14.2. The minimum Gasteiger partial charge on any atom is -0.506 e. The van der Waals surface area contributed by atoms with Gasteiger partial charge in [-0.3, -0.25) is 9.69 Å². The van der Waals surface area contributed by atoms with E-state index in [2.05, 4.69) is 50.2 Å². The van der Waals surface area contributed by atoms with Gasteiger partial charge in [-0.05, 0) is 107 Å². The van der Waals surface area contributed by atoms with Crippen molar-refractivity contribution in [2.24, 2.45) is 4.99 Å². The molecule has 1 aliphatic heterocycles. The van der Waals surface area contributed by atoms with E-state index in [1.807, 2.05) is 56.3 Å². The molecule has 7 heteroatoms. The van der Waals surface area contributed by atoms with Gasteiger partial charge in [0.05, 0.1) is 17.7 Å². The monoisotopic (exact) mass is 590 g/mol. The van der Waals surface area contributed by atoms with Crippen molar-refractivity contribution in [1.82, 2.24) is 4.90 Å². The number of amidine groups is 1. The summed E-state index contributed by atoms with van der Waals surface area (Å²) in [5.74, 6) is 0.233. The summed E-state index contributed by atoms with van der Waals surface area (Å²) in [6.45, 7) is 4.54. The first-order chi connectivity index (χ1) is 12.4. The van der Waals surface area contributed by atoms with E-state index in [0.717, 1.165) is 18.4 Å². The fourth-order valence-electron chi connectivity index (χ4n) is 2.42. The number of hydrogen-bond donors (Lipinski definition) is 1. The molecule has 1 heterocycles. The van der Waals surface area contributed by atoms with E-state index in [1.165, 1.54) is 17.3 Å². The Kier molecular flexibility index (Phi) is 6.29. The van der Waals surface area contributed by atoms with Crippen LogP contribution >= 0.6 is 56.9 Å². The molecule has 0 atom stereocenters. The molecule has 1 saturated heterocycles. The van der Waals surface area contributed by atoms with Gasteiger partial charge in [0, 0.05) is 6.54 Å². The Morgan fingerprint density at radius 1 is 1.19 bits per heavy atom. The largest absolute Gasteiger partial charge is 0.506 e. The second kappa shape index (κ2) is 8.30. The molecule has 0 radical (unpaired) electrons. The molecular weight excluding hydrogens is 574 g/mol. The molecule has 2 aromatic rings. The number of halogens is 2. The second-order valence-corrected chi connectivity index (χ2v) is 9.06. The van der Waals surface area contributed by atoms with Gasteiger partial charge in [-0.15, -0.1) is 0 Å². The van der Waals surface area contributed by atoms with Crippen molar-refractivity contribution in [1.29, 1.82) is 0 Å². The fraction of sp³-hybridized carbons (Fsp3) is 0.158. The Bertz CT molecular complexity index is 901. The first kappa shape index (κ1) is 19.7. The number of hydrogen-bond acceptors (Lipinski definition) is 4. The molecule has 0 bridgehead atoms. The summed E-state index contributed by atoms with van der Waals surface area (Å²) in [4.78, 5) is 19.7. The summed E-state index contributed by atoms with van der Waals surface area (Å²) < 4.78 is 1.52. The van der Waals surface area contributed by atoms with Crippen molar-refractivity contribution >= 4 is 79.8 Å². The number of carbonyl (C=O) groups is 1. The number of nitrogens with zero attached hydrogens (tertiary/aromatic N) is 2. The second-order valence-electron chi connectivity index (χ2n) is 5.72. The molecule has 134 valence electrons. The van der Waals surface area contributed by atoms with E-state index in [9.17, 15) is 9.90 Å². The van der Waals surface area contributed by atoms with Crippen molar-refractivity contribution < 1.29 is 9.90 Å². The van der Waals surface area contributed by atoms with Crippen molar-refractivity contribution in [3.05, 3.63) is 59.6 Å². The number of aryl methyl sites for hydroxylation is 1. The van der Waals surface area contributed by atoms with E-state index in [1.54, 1.807) is 4.90 Å². The number of likely N-dealkylation sites (N-methyl/N-ethyl adjacent to an activating group) is 1. The molecule has 4 nitrogen and oxygen atoms in total. The fourth-order valence-corrected chi connectivity index (χ4v) is 5.30. The number of amides is 1. The van der Waals surface area contributed by atoms with Gasteiger partial charge in [0.15, 0.2) is 5.17 Å². The molecule has 0 aromatic heterocycles. The summed E-state index contributed by atoms with van der Waals surface area (Å²) in [6, 6.07) is 11.7. The maximum atomic E-state index is 12.7. The quantitative estimate of drug-likeness (QED) is 0.378. The SMILES string of the molecule is CCN1C(=O)/C(=C\c2cc(I)c(O)c(I)c2)SC1=Nc1ccc(C)cc1. The molecule has 0 unspecified atom stereocenters. The third-order valence-electron chi connectivity index (χ3n) is 3.80. The van der Waals surface area contributed by atoms with Crippen LogP contribution in [0, 0.1) is 14.1 Å². The highest BCUT2D eigenvalue weighted by atomic mass is 127. The van der Waals surface area contributed by atoms with Crippen LogP contribution in [0.4, 0.5) is 5.69 Å². The van der Waals surface area contributed by atoms with Gasteiger partial charge in [-0.25, -0.2) is 4.99 Å². The number of aliphatic imine (C=N–C) groups is 1. The molecule has 1 aliphatic rings. The maximum Gasteiger partial charge on any atom is 0.266 e. The Hall–Kier alpha value is -1.07. The maximum absolute atomic E-state index is 12.7. The van der Waals surface area contributed by atoms with Gasteiger partial charge in [-0.1, -0.05) is 17.7 Å². The predicted octanol–water partition coefficient (Wildman–Crippen LogP) is 5.53. The van der Waals surface area contributed by atoms with Crippen LogP contribution in [0.5, 0.6) is 5.75 Å². The van der Waals surface area contributed by atoms with Gasteiger partial charge in [0.2, 0.25) is 0 Å². The first-order valence-electron chi connectivity index (χ1n) is 7.94. The van der Waals surface area contributed by atoms with Gasteiger partial charge in [0.1, 0.15) is 5.75 Å². The Morgan fingerprint density at radius 3 is 2.38 bits per heavy atom. The Morgan fingerprint density at radius 2 is 1.81 bits per heavy atom. The van der Waals surface area contributed by atoms with Gasteiger partial charge in [0.25, 0.3) is 5.91 Å². The number of aromatic hydroxyl groups is 1. The van der Waals surface area contributed by atoms with Crippen molar-refractivity contribution in [3.8, 4) is 5.75 Å². The topological polar surface area (TPSA) is 52.9 Å². The minimum atomic E-state index is -0.0403. The van der Waals surface area contributed by atoms with Crippen molar-refractivity contribution in [2.75, 3.05) is 6.54 Å². The summed E-state index contributed by atoms with van der Waals surface area (Å²) in [6.07, 6.45) is 1.86. The van der Waals surface area contributed by atoms with Gasteiger partial charge < -0.3 is 5.11 Å². The lowest BCUT2D eigenvalue weighted by atomic mass is 10.2. The van der Waals surface area contributed by atoms with Crippen molar-refractivity contribution in [2.45, 2.75) is 13.8 Å². The van der Waals surface area contributed by atoms with Crippen LogP contribution in [0.3, 0.4) is 0 Å². The van der Waals surface area contributed by atoms with E-state index >= 15 is 0 Å². The van der Waals surface area contributed by atoms with E-state index in [-0.39, 0.29) is 11.7 Å². The lowest BCUT2D eigenvalue weighted by Crippen LogP contribution is -2.28. The summed E-state index contributed by atoms with van der Waals surface area (Å²) >= 11 is 5.56. The third kappa shape index (κ3) is 4.25. The zero-order chi connectivity index (χ0) is 18.8. The highest BCUT2D eigenvalue weighted by molar-refractivity contribution is 14.1. The number of phenolic OH excluding ortho intramolecular Hbond substituents is 1. The molecule has 1 fully saturated rings.